The quantitative estimate of drug-likeness (QED) is 0.639. The molecule has 144 valence electrons. The molecule has 0 aliphatic rings. The molecule has 0 saturated heterocycles. The summed E-state index contributed by atoms with van der Waals surface area (Å²) in [5.74, 6) is -0.324. The van der Waals surface area contributed by atoms with Crippen molar-refractivity contribution < 1.29 is 14.3 Å². The Morgan fingerprint density at radius 3 is 2.61 bits per heavy atom. The summed E-state index contributed by atoms with van der Waals surface area (Å²) in [5.41, 5.74) is 2.03. The zero-order valence-electron chi connectivity index (χ0n) is 15.8. The summed E-state index contributed by atoms with van der Waals surface area (Å²) < 4.78 is 6.86. The normalized spacial score (nSPS) is 11.6. The van der Waals surface area contributed by atoms with Crippen LogP contribution in [0.15, 0.2) is 60.9 Å². The Bertz CT molecular complexity index is 939. The maximum atomic E-state index is 12.4. The third-order valence-corrected chi connectivity index (χ3v) is 4.30. The monoisotopic (exact) mass is 378 g/mol. The summed E-state index contributed by atoms with van der Waals surface area (Å²) in [6.45, 7) is 3.78. The summed E-state index contributed by atoms with van der Waals surface area (Å²) in [6.07, 6.45) is 2.88. The molecule has 1 N–H and O–H groups in total. The summed E-state index contributed by atoms with van der Waals surface area (Å²) in [5, 5.41) is 6.98. The fraction of sp³-hybridized carbons (Fsp3) is 0.238. The Labute approximate surface area is 163 Å². The van der Waals surface area contributed by atoms with Gasteiger partial charge in [0.05, 0.1) is 11.9 Å². The van der Waals surface area contributed by atoms with Gasteiger partial charge < -0.3 is 10.1 Å². The molecule has 1 atom stereocenters. The van der Waals surface area contributed by atoms with E-state index in [9.17, 15) is 9.59 Å². The Morgan fingerprint density at radius 1 is 1.14 bits per heavy atom. The average molecular weight is 378 g/mol. The van der Waals surface area contributed by atoms with Crippen LogP contribution in [0.3, 0.4) is 0 Å². The van der Waals surface area contributed by atoms with Crippen LogP contribution in [0.4, 0.5) is 0 Å². The summed E-state index contributed by atoms with van der Waals surface area (Å²) in [7, 11) is 0. The predicted molar refractivity (Wildman–Crippen MR) is 104 cm³/mol. The first kappa shape index (κ1) is 19.3. The van der Waals surface area contributed by atoms with Crippen LogP contribution < -0.4 is 5.32 Å². The molecule has 0 saturated carbocycles. The lowest BCUT2D eigenvalue weighted by Gasteiger charge is -2.13. The van der Waals surface area contributed by atoms with Gasteiger partial charge >= 0.3 is 5.97 Å². The number of nitrogens with zero attached hydrogens (tertiary/aromatic N) is 3. The van der Waals surface area contributed by atoms with E-state index in [1.54, 1.807) is 36.9 Å². The minimum absolute atomic E-state index is 0.301. The summed E-state index contributed by atoms with van der Waals surface area (Å²) in [4.78, 5) is 28.9. The number of nitrogens with one attached hydrogen (secondary N) is 1. The molecule has 0 spiro atoms. The minimum atomic E-state index is -0.902. The third kappa shape index (κ3) is 4.62. The molecule has 0 fully saturated rings. The number of rotatable bonds is 7. The molecule has 7 heteroatoms. The van der Waals surface area contributed by atoms with Gasteiger partial charge in [0, 0.05) is 12.7 Å². The largest absolute Gasteiger partial charge is 0.449 e. The number of pyridine rings is 1. The van der Waals surface area contributed by atoms with Gasteiger partial charge in [-0.1, -0.05) is 36.4 Å². The Kier molecular flexibility index (Phi) is 6.16. The van der Waals surface area contributed by atoms with E-state index in [0.29, 0.717) is 30.0 Å². The Hall–Kier alpha value is -3.48. The molecule has 0 radical (unpaired) electrons. The lowest BCUT2D eigenvalue weighted by molar-refractivity contribution is -0.129. The van der Waals surface area contributed by atoms with Gasteiger partial charge in [-0.05, 0) is 38.0 Å². The maximum absolute atomic E-state index is 12.4. The van der Waals surface area contributed by atoms with E-state index >= 15 is 0 Å². The molecular weight excluding hydrogens is 356 g/mol. The molecule has 7 nitrogen and oxygen atoms in total. The molecule has 28 heavy (non-hydrogen) atoms. The Morgan fingerprint density at radius 2 is 1.89 bits per heavy atom. The van der Waals surface area contributed by atoms with Gasteiger partial charge in [-0.25, -0.2) is 14.5 Å². The van der Waals surface area contributed by atoms with Gasteiger partial charge in [-0.2, -0.15) is 5.10 Å². The fourth-order valence-electron chi connectivity index (χ4n) is 2.72. The van der Waals surface area contributed by atoms with E-state index in [0.717, 1.165) is 5.56 Å². The van der Waals surface area contributed by atoms with Crippen LogP contribution in [-0.4, -0.2) is 39.3 Å². The molecule has 2 heterocycles. The summed E-state index contributed by atoms with van der Waals surface area (Å²) >= 11 is 0. The highest BCUT2D eigenvalue weighted by molar-refractivity contribution is 5.93. The van der Waals surface area contributed by atoms with Gasteiger partial charge in [-0.15, -0.1) is 0 Å². The van der Waals surface area contributed by atoms with Gasteiger partial charge in [0.1, 0.15) is 5.56 Å². The van der Waals surface area contributed by atoms with Crippen LogP contribution >= 0.6 is 0 Å². The zero-order chi connectivity index (χ0) is 19.9. The van der Waals surface area contributed by atoms with E-state index in [2.05, 4.69) is 15.4 Å². The minimum Gasteiger partial charge on any atom is -0.449 e. The fourth-order valence-corrected chi connectivity index (χ4v) is 2.72. The molecule has 3 aromatic rings. The van der Waals surface area contributed by atoms with E-state index in [1.807, 2.05) is 36.4 Å². The second-order valence-corrected chi connectivity index (χ2v) is 6.32. The van der Waals surface area contributed by atoms with Crippen LogP contribution in [0.1, 0.15) is 28.5 Å². The molecular formula is C21H22N4O3. The van der Waals surface area contributed by atoms with Crippen molar-refractivity contribution in [1.82, 2.24) is 20.1 Å². The van der Waals surface area contributed by atoms with Crippen LogP contribution in [0, 0.1) is 6.92 Å². The smallest absolute Gasteiger partial charge is 0.342 e. The van der Waals surface area contributed by atoms with Crippen molar-refractivity contribution in [2.45, 2.75) is 26.4 Å². The van der Waals surface area contributed by atoms with E-state index in [1.165, 1.54) is 6.20 Å². The van der Waals surface area contributed by atoms with Crippen LogP contribution in [0.5, 0.6) is 0 Å². The topological polar surface area (TPSA) is 86.1 Å². The highest BCUT2D eigenvalue weighted by Crippen LogP contribution is 2.14. The number of esters is 1. The molecule has 0 aliphatic carbocycles. The Balaban J connectivity index is 1.55. The number of ether oxygens (including phenoxy) is 1. The second-order valence-electron chi connectivity index (χ2n) is 6.32. The van der Waals surface area contributed by atoms with Gasteiger partial charge in [-0.3, -0.25) is 4.79 Å². The average Bonchev–Trinajstić information content (AvgIpc) is 3.10. The van der Waals surface area contributed by atoms with E-state index in [4.69, 9.17) is 4.74 Å². The molecule has 1 aromatic carbocycles. The number of aromatic nitrogens is 3. The number of amides is 1. The van der Waals surface area contributed by atoms with Crippen molar-refractivity contribution in [1.29, 1.82) is 0 Å². The number of carbonyl (C=O) groups excluding carboxylic acids is 2. The van der Waals surface area contributed by atoms with E-state index < -0.39 is 12.1 Å². The van der Waals surface area contributed by atoms with Crippen molar-refractivity contribution in [3.63, 3.8) is 0 Å². The molecule has 0 aliphatic heterocycles. The number of carbonyl (C=O) groups is 2. The van der Waals surface area contributed by atoms with Gasteiger partial charge in [0.25, 0.3) is 5.91 Å². The first-order valence-corrected chi connectivity index (χ1v) is 9.05. The van der Waals surface area contributed by atoms with Crippen molar-refractivity contribution in [2.24, 2.45) is 0 Å². The molecule has 1 amide bonds. The van der Waals surface area contributed by atoms with Crippen molar-refractivity contribution >= 4 is 11.9 Å². The van der Waals surface area contributed by atoms with Gasteiger partial charge in [0.15, 0.2) is 11.9 Å². The maximum Gasteiger partial charge on any atom is 0.342 e. The number of hydrogen-bond donors (Lipinski definition) is 1. The molecule has 2 aromatic heterocycles. The second kappa shape index (κ2) is 8.94. The van der Waals surface area contributed by atoms with E-state index in [-0.39, 0.29) is 5.91 Å². The first-order chi connectivity index (χ1) is 13.6. The molecule has 0 bridgehead atoms. The zero-order valence-corrected chi connectivity index (χ0v) is 15.8. The SMILES string of the molecule is Cc1c(C(=O)OC(C)C(=O)NCCc2ccccc2)cnn1-c1ccccn1. The van der Waals surface area contributed by atoms with Crippen LogP contribution in [0.2, 0.25) is 0 Å². The first-order valence-electron chi connectivity index (χ1n) is 9.05. The third-order valence-electron chi connectivity index (χ3n) is 4.30. The summed E-state index contributed by atoms with van der Waals surface area (Å²) in [6, 6.07) is 15.3. The number of benzene rings is 1. The molecule has 3 rings (SSSR count). The van der Waals surface area contributed by atoms with Crippen molar-refractivity contribution in [2.75, 3.05) is 6.54 Å². The van der Waals surface area contributed by atoms with Crippen molar-refractivity contribution in [3.8, 4) is 5.82 Å². The molecule has 1 unspecified atom stereocenters. The van der Waals surface area contributed by atoms with Gasteiger partial charge in [0.2, 0.25) is 0 Å². The standard InChI is InChI=1S/C21H22N4O3/c1-15-18(14-24-25(15)19-10-6-7-12-22-19)21(27)28-16(2)20(26)23-13-11-17-8-4-3-5-9-17/h3-10,12,14,16H,11,13H2,1-2H3,(H,23,26). The highest BCUT2D eigenvalue weighted by Gasteiger charge is 2.22. The lowest BCUT2D eigenvalue weighted by Crippen LogP contribution is -2.37. The van der Waals surface area contributed by atoms with Crippen LogP contribution in [-0.2, 0) is 16.0 Å². The lowest BCUT2D eigenvalue weighted by atomic mass is 10.1. The van der Waals surface area contributed by atoms with Crippen molar-refractivity contribution in [3.05, 3.63) is 77.7 Å². The predicted octanol–water partition coefficient (Wildman–Crippen LogP) is 2.48. The van der Waals surface area contributed by atoms with Crippen LogP contribution in [0.25, 0.3) is 5.82 Å². The highest BCUT2D eigenvalue weighted by atomic mass is 16.5. The number of hydrogen-bond acceptors (Lipinski definition) is 5.